The molecule has 0 aliphatic carbocycles. The fourth-order valence-corrected chi connectivity index (χ4v) is 2.86. The lowest BCUT2D eigenvalue weighted by molar-refractivity contribution is -0.124. The van der Waals surface area contributed by atoms with Crippen LogP contribution in [0.1, 0.15) is 17.2 Å². The molecule has 0 saturated carbocycles. The Morgan fingerprint density at radius 3 is 2.36 bits per heavy atom. The Bertz CT molecular complexity index is 987. The van der Waals surface area contributed by atoms with Gasteiger partial charge < -0.3 is 15.7 Å². The molecule has 144 valence electrons. The number of amides is 1. The van der Waals surface area contributed by atoms with E-state index in [1.807, 2.05) is 25.1 Å². The summed E-state index contributed by atoms with van der Waals surface area (Å²) in [5, 5.41) is 15.6. The fraction of sp³-hybridized carbons (Fsp3) is 0.143. The molecule has 1 aromatic heterocycles. The topological polar surface area (TPSA) is 74.2 Å². The number of rotatable bonds is 5. The van der Waals surface area contributed by atoms with Crippen LogP contribution in [0.5, 0.6) is 0 Å². The molecule has 7 heteroatoms. The fourth-order valence-electron chi connectivity index (χ4n) is 2.86. The van der Waals surface area contributed by atoms with Crippen LogP contribution in [-0.4, -0.2) is 23.0 Å². The number of hydrogen-bond donors (Lipinski definition) is 3. The first kappa shape index (κ1) is 19.4. The van der Waals surface area contributed by atoms with E-state index in [-0.39, 0.29) is 5.56 Å². The Labute approximate surface area is 161 Å². The van der Waals surface area contributed by atoms with Crippen molar-refractivity contribution < 1.29 is 18.7 Å². The van der Waals surface area contributed by atoms with Gasteiger partial charge in [0.1, 0.15) is 17.5 Å². The van der Waals surface area contributed by atoms with Gasteiger partial charge in [0.15, 0.2) is 6.10 Å². The minimum atomic E-state index is -1.69. The van der Waals surface area contributed by atoms with Gasteiger partial charge in [0.05, 0.1) is 0 Å². The van der Waals surface area contributed by atoms with Gasteiger partial charge in [-0.1, -0.05) is 6.07 Å². The maximum Gasteiger partial charge on any atom is 0.257 e. The molecule has 0 aliphatic heterocycles. The summed E-state index contributed by atoms with van der Waals surface area (Å²) < 4.78 is 26.6. The largest absolute Gasteiger partial charge is 0.378 e. The first-order valence-electron chi connectivity index (χ1n) is 8.57. The highest BCUT2D eigenvalue weighted by molar-refractivity contribution is 5.95. The number of aliphatic hydroxyl groups is 1. The number of carbonyl (C=O) groups excluding carboxylic acids is 1. The Morgan fingerprint density at radius 2 is 1.79 bits per heavy atom. The van der Waals surface area contributed by atoms with E-state index >= 15 is 0 Å². The Kier molecular flexibility index (Phi) is 5.65. The first-order valence-corrected chi connectivity index (χ1v) is 8.57. The lowest BCUT2D eigenvalue weighted by atomic mass is 10.0. The summed E-state index contributed by atoms with van der Waals surface area (Å²) in [6.07, 6.45) is 0.0535. The van der Waals surface area contributed by atoms with Gasteiger partial charge in [-0.3, -0.25) is 4.79 Å². The normalized spacial score (nSPS) is 11.8. The summed E-state index contributed by atoms with van der Waals surface area (Å²) in [4.78, 5) is 16.5. The predicted octanol–water partition coefficient (Wildman–Crippen LogP) is 4.05. The van der Waals surface area contributed by atoms with Crippen molar-refractivity contribution in [2.75, 3.05) is 17.7 Å². The zero-order chi connectivity index (χ0) is 20.3. The number of aromatic nitrogens is 1. The van der Waals surface area contributed by atoms with Crippen molar-refractivity contribution in [3.8, 4) is 11.1 Å². The van der Waals surface area contributed by atoms with Crippen molar-refractivity contribution >= 4 is 17.4 Å². The molecular formula is C21H19F2N3O2. The van der Waals surface area contributed by atoms with Crippen LogP contribution < -0.4 is 10.6 Å². The molecule has 5 nitrogen and oxygen atoms in total. The van der Waals surface area contributed by atoms with Crippen LogP contribution >= 0.6 is 0 Å². The molecule has 0 bridgehead atoms. The van der Waals surface area contributed by atoms with Crippen LogP contribution in [0.25, 0.3) is 11.1 Å². The molecule has 3 aromatic rings. The molecule has 1 amide bonds. The number of aliphatic hydroxyl groups excluding tert-OH is 1. The smallest absolute Gasteiger partial charge is 0.257 e. The third-order valence-corrected chi connectivity index (χ3v) is 4.27. The van der Waals surface area contributed by atoms with Gasteiger partial charge in [-0.2, -0.15) is 0 Å². The summed E-state index contributed by atoms with van der Waals surface area (Å²) >= 11 is 0. The van der Waals surface area contributed by atoms with Crippen LogP contribution in [0, 0.1) is 18.6 Å². The number of aryl methyl sites for hydroxylation is 1. The van der Waals surface area contributed by atoms with Crippen LogP contribution in [-0.2, 0) is 4.79 Å². The average molecular weight is 383 g/mol. The molecule has 28 heavy (non-hydrogen) atoms. The number of anilines is 2. The summed E-state index contributed by atoms with van der Waals surface area (Å²) in [5.74, 6) is -1.75. The molecular weight excluding hydrogens is 364 g/mol. The highest BCUT2D eigenvalue weighted by Crippen LogP contribution is 2.27. The van der Waals surface area contributed by atoms with Crippen molar-refractivity contribution in [3.05, 3.63) is 77.5 Å². The standard InChI is InChI=1S/C21H19F2N3O2/c1-12-7-17(4-5-18(12)13-3-6-19(24-2)25-11-13)26-21(28)20(27)14-8-15(22)10-16(23)9-14/h3-11,20,27H,1-2H3,(H,24,25)(H,26,28)/t20-/m0/s1. The van der Waals surface area contributed by atoms with E-state index in [0.29, 0.717) is 11.8 Å². The molecule has 2 aromatic carbocycles. The van der Waals surface area contributed by atoms with Gasteiger partial charge in [0.25, 0.3) is 5.91 Å². The summed E-state index contributed by atoms with van der Waals surface area (Å²) in [7, 11) is 1.79. The van der Waals surface area contributed by atoms with Crippen molar-refractivity contribution in [2.45, 2.75) is 13.0 Å². The number of nitrogens with zero attached hydrogens (tertiary/aromatic N) is 1. The minimum absolute atomic E-state index is 0.154. The van der Waals surface area contributed by atoms with Crippen LogP contribution in [0.3, 0.4) is 0 Å². The molecule has 0 saturated heterocycles. The number of benzene rings is 2. The van der Waals surface area contributed by atoms with E-state index < -0.39 is 23.6 Å². The molecule has 0 spiro atoms. The van der Waals surface area contributed by atoms with Crippen LogP contribution in [0.2, 0.25) is 0 Å². The lowest BCUT2D eigenvalue weighted by Gasteiger charge is -2.14. The molecule has 1 atom stereocenters. The maximum atomic E-state index is 13.3. The van der Waals surface area contributed by atoms with Crippen molar-refractivity contribution in [1.82, 2.24) is 4.98 Å². The quantitative estimate of drug-likeness (QED) is 0.621. The van der Waals surface area contributed by atoms with Crippen molar-refractivity contribution in [2.24, 2.45) is 0 Å². The molecule has 3 N–H and O–H groups in total. The van der Waals surface area contributed by atoms with Gasteiger partial charge in [0, 0.05) is 30.6 Å². The summed E-state index contributed by atoms with van der Waals surface area (Å²) in [5.41, 5.74) is 3.06. The van der Waals surface area contributed by atoms with Gasteiger partial charge in [-0.15, -0.1) is 0 Å². The Hall–Kier alpha value is -3.32. The molecule has 0 aliphatic rings. The maximum absolute atomic E-state index is 13.3. The number of pyridine rings is 1. The van der Waals surface area contributed by atoms with Gasteiger partial charge >= 0.3 is 0 Å². The molecule has 1 heterocycles. The summed E-state index contributed by atoms with van der Waals surface area (Å²) in [6.45, 7) is 1.88. The third kappa shape index (κ3) is 4.32. The van der Waals surface area contributed by atoms with E-state index in [2.05, 4.69) is 15.6 Å². The predicted molar refractivity (Wildman–Crippen MR) is 104 cm³/mol. The van der Waals surface area contributed by atoms with Crippen molar-refractivity contribution in [1.29, 1.82) is 0 Å². The lowest BCUT2D eigenvalue weighted by Crippen LogP contribution is -2.21. The van der Waals surface area contributed by atoms with Crippen LogP contribution in [0.4, 0.5) is 20.3 Å². The number of halogens is 2. The Balaban J connectivity index is 1.77. The molecule has 0 radical (unpaired) electrons. The van der Waals surface area contributed by atoms with Gasteiger partial charge in [-0.25, -0.2) is 13.8 Å². The van der Waals surface area contributed by atoms with E-state index in [4.69, 9.17) is 0 Å². The first-order chi connectivity index (χ1) is 13.4. The third-order valence-electron chi connectivity index (χ3n) is 4.27. The van der Waals surface area contributed by atoms with Crippen LogP contribution in [0.15, 0.2) is 54.7 Å². The second kappa shape index (κ2) is 8.14. The molecule has 0 fully saturated rings. The van der Waals surface area contributed by atoms with Crippen molar-refractivity contribution in [3.63, 3.8) is 0 Å². The highest BCUT2D eigenvalue weighted by atomic mass is 19.1. The SMILES string of the molecule is CNc1ccc(-c2ccc(NC(=O)[C@@H](O)c3cc(F)cc(F)c3)cc2C)cn1. The molecule has 3 rings (SSSR count). The summed E-state index contributed by atoms with van der Waals surface area (Å²) in [6, 6.07) is 11.6. The van der Waals surface area contributed by atoms with E-state index in [0.717, 1.165) is 34.6 Å². The second-order valence-corrected chi connectivity index (χ2v) is 6.31. The van der Waals surface area contributed by atoms with E-state index in [1.54, 1.807) is 25.4 Å². The van der Waals surface area contributed by atoms with E-state index in [9.17, 15) is 18.7 Å². The minimum Gasteiger partial charge on any atom is -0.378 e. The highest BCUT2D eigenvalue weighted by Gasteiger charge is 2.19. The Morgan fingerprint density at radius 1 is 1.07 bits per heavy atom. The van der Waals surface area contributed by atoms with E-state index in [1.165, 1.54) is 0 Å². The second-order valence-electron chi connectivity index (χ2n) is 6.31. The van der Waals surface area contributed by atoms with Gasteiger partial charge in [-0.05, 0) is 60.0 Å². The zero-order valence-electron chi connectivity index (χ0n) is 15.3. The average Bonchev–Trinajstić information content (AvgIpc) is 2.67. The number of carbonyl (C=O) groups is 1. The molecule has 0 unspecified atom stereocenters. The van der Waals surface area contributed by atoms with Gasteiger partial charge in [0.2, 0.25) is 0 Å². The number of hydrogen-bond acceptors (Lipinski definition) is 4. The number of nitrogens with one attached hydrogen (secondary N) is 2. The monoisotopic (exact) mass is 383 g/mol. The zero-order valence-corrected chi connectivity index (χ0v) is 15.3.